The van der Waals surface area contributed by atoms with E-state index in [0.717, 1.165) is 5.69 Å². The summed E-state index contributed by atoms with van der Waals surface area (Å²) in [5, 5.41) is 2.62. The summed E-state index contributed by atoms with van der Waals surface area (Å²) in [5.41, 5.74) is 2.10. The summed E-state index contributed by atoms with van der Waals surface area (Å²) in [7, 11) is 0. The molecule has 0 aliphatic carbocycles. The lowest BCUT2D eigenvalue weighted by molar-refractivity contribution is -0.105. The van der Waals surface area contributed by atoms with E-state index in [2.05, 4.69) is 25.2 Å². The summed E-state index contributed by atoms with van der Waals surface area (Å²) in [6.07, 6.45) is 0.694. The molecule has 0 spiro atoms. The van der Waals surface area contributed by atoms with Crippen molar-refractivity contribution in [2.75, 3.05) is 5.32 Å². The van der Waals surface area contributed by atoms with Gasteiger partial charge in [-0.25, -0.2) is 0 Å². The average Bonchev–Trinajstić information content (AvgIpc) is 2.05. The average molecular weight is 163 g/mol. The van der Waals surface area contributed by atoms with Crippen LogP contribution in [0.15, 0.2) is 24.3 Å². The number of hydrogen-bond acceptors (Lipinski definition) is 1. The Balaban J connectivity index is 2.87. The zero-order chi connectivity index (χ0) is 8.97. The normalized spacial score (nSPS) is 9.92. The number of rotatable bonds is 3. The first-order valence-corrected chi connectivity index (χ1v) is 4.04. The van der Waals surface area contributed by atoms with Gasteiger partial charge in [-0.1, -0.05) is 26.0 Å². The van der Waals surface area contributed by atoms with Gasteiger partial charge in [0.2, 0.25) is 6.41 Å². The SMILES string of the molecule is CC(C)c1cccc(NC=O)c1. The van der Waals surface area contributed by atoms with Gasteiger partial charge in [0.25, 0.3) is 0 Å². The minimum atomic E-state index is 0.499. The largest absolute Gasteiger partial charge is 0.329 e. The summed E-state index contributed by atoms with van der Waals surface area (Å²) in [5.74, 6) is 0.499. The van der Waals surface area contributed by atoms with E-state index in [4.69, 9.17) is 0 Å². The third kappa shape index (κ3) is 2.09. The minimum Gasteiger partial charge on any atom is -0.329 e. The van der Waals surface area contributed by atoms with Crippen LogP contribution in [0.5, 0.6) is 0 Å². The van der Waals surface area contributed by atoms with E-state index in [1.165, 1.54) is 5.56 Å². The van der Waals surface area contributed by atoms with Gasteiger partial charge in [0.1, 0.15) is 0 Å². The molecule has 1 amide bonds. The van der Waals surface area contributed by atoms with Gasteiger partial charge in [0.05, 0.1) is 0 Å². The van der Waals surface area contributed by atoms with Crippen LogP contribution in [0.1, 0.15) is 25.3 Å². The molecule has 0 aliphatic heterocycles. The van der Waals surface area contributed by atoms with Crippen molar-refractivity contribution in [2.45, 2.75) is 19.8 Å². The lowest BCUT2D eigenvalue weighted by atomic mass is 10.0. The summed E-state index contributed by atoms with van der Waals surface area (Å²) >= 11 is 0. The molecule has 64 valence electrons. The summed E-state index contributed by atoms with van der Waals surface area (Å²) < 4.78 is 0. The first-order valence-electron chi connectivity index (χ1n) is 4.04. The van der Waals surface area contributed by atoms with Gasteiger partial charge < -0.3 is 5.32 Å². The maximum absolute atomic E-state index is 10.1. The van der Waals surface area contributed by atoms with Crippen molar-refractivity contribution in [2.24, 2.45) is 0 Å². The molecule has 0 saturated carbocycles. The number of carbonyl (C=O) groups excluding carboxylic acids is 1. The van der Waals surface area contributed by atoms with Crippen molar-refractivity contribution in [3.05, 3.63) is 29.8 Å². The Kier molecular flexibility index (Phi) is 2.86. The highest BCUT2D eigenvalue weighted by atomic mass is 16.1. The van der Waals surface area contributed by atoms with Crippen LogP contribution in [-0.2, 0) is 4.79 Å². The Morgan fingerprint density at radius 3 is 2.75 bits per heavy atom. The van der Waals surface area contributed by atoms with Gasteiger partial charge in [0.15, 0.2) is 0 Å². The zero-order valence-corrected chi connectivity index (χ0v) is 7.37. The molecule has 12 heavy (non-hydrogen) atoms. The number of nitrogens with one attached hydrogen (secondary N) is 1. The van der Waals surface area contributed by atoms with Crippen molar-refractivity contribution in [1.29, 1.82) is 0 Å². The van der Waals surface area contributed by atoms with Gasteiger partial charge in [-0.15, -0.1) is 0 Å². The number of hydrogen-bond donors (Lipinski definition) is 1. The molecular weight excluding hydrogens is 150 g/mol. The van der Waals surface area contributed by atoms with Crippen LogP contribution in [-0.4, -0.2) is 6.41 Å². The van der Waals surface area contributed by atoms with E-state index >= 15 is 0 Å². The molecule has 0 aliphatic rings. The molecule has 0 saturated heterocycles. The second-order valence-corrected chi connectivity index (χ2v) is 3.04. The number of anilines is 1. The van der Waals surface area contributed by atoms with Crippen LogP contribution in [0.2, 0.25) is 0 Å². The molecule has 0 aromatic heterocycles. The van der Waals surface area contributed by atoms with Crippen LogP contribution in [0, 0.1) is 0 Å². The second-order valence-electron chi connectivity index (χ2n) is 3.04. The second kappa shape index (κ2) is 3.90. The van der Waals surface area contributed by atoms with Crippen LogP contribution in [0.3, 0.4) is 0 Å². The fraction of sp³-hybridized carbons (Fsp3) is 0.300. The predicted octanol–water partition coefficient (Wildman–Crippen LogP) is 2.38. The van der Waals surface area contributed by atoms with E-state index in [1.54, 1.807) is 0 Å². The number of carbonyl (C=O) groups is 1. The number of amides is 1. The Bertz CT molecular complexity index is 268. The highest BCUT2D eigenvalue weighted by molar-refractivity contribution is 5.71. The van der Waals surface area contributed by atoms with Crippen LogP contribution < -0.4 is 5.32 Å². The van der Waals surface area contributed by atoms with E-state index < -0.39 is 0 Å². The first kappa shape index (κ1) is 8.78. The molecule has 1 rings (SSSR count). The molecule has 0 unspecified atom stereocenters. The molecule has 0 fully saturated rings. The maximum atomic E-state index is 10.1. The van der Waals surface area contributed by atoms with Crippen LogP contribution in [0.4, 0.5) is 5.69 Å². The lowest BCUT2D eigenvalue weighted by Crippen LogP contribution is -1.95. The van der Waals surface area contributed by atoms with Gasteiger partial charge in [-0.05, 0) is 23.6 Å². The van der Waals surface area contributed by atoms with Gasteiger partial charge in [-0.3, -0.25) is 4.79 Å². The summed E-state index contributed by atoms with van der Waals surface area (Å²) in [4.78, 5) is 10.1. The van der Waals surface area contributed by atoms with E-state index in [-0.39, 0.29) is 0 Å². The first-order chi connectivity index (χ1) is 5.74. The molecule has 2 heteroatoms. The molecule has 0 bridgehead atoms. The fourth-order valence-electron chi connectivity index (χ4n) is 1.06. The van der Waals surface area contributed by atoms with Gasteiger partial charge >= 0.3 is 0 Å². The van der Waals surface area contributed by atoms with Crippen LogP contribution >= 0.6 is 0 Å². The van der Waals surface area contributed by atoms with E-state index in [1.807, 2.05) is 18.2 Å². The standard InChI is InChI=1S/C10H13NO/c1-8(2)9-4-3-5-10(6-9)11-7-12/h3-8H,1-2H3,(H,11,12). The Morgan fingerprint density at radius 2 is 2.17 bits per heavy atom. The van der Waals surface area contributed by atoms with Crippen molar-refractivity contribution in [1.82, 2.24) is 0 Å². The van der Waals surface area contributed by atoms with E-state index in [0.29, 0.717) is 12.3 Å². The van der Waals surface area contributed by atoms with Crippen molar-refractivity contribution in [3.63, 3.8) is 0 Å². The van der Waals surface area contributed by atoms with E-state index in [9.17, 15) is 4.79 Å². The van der Waals surface area contributed by atoms with Crippen molar-refractivity contribution in [3.8, 4) is 0 Å². The molecule has 0 radical (unpaired) electrons. The molecule has 1 N–H and O–H groups in total. The molecule has 1 aromatic rings. The monoisotopic (exact) mass is 163 g/mol. The highest BCUT2D eigenvalue weighted by Gasteiger charge is 1.98. The predicted molar refractivity (Wildman–Crippen MR) is 50.2 cm³/mol. The molecular formula is C10H13NO. The Hall–Kier alpha value is -1.31. The maximum Gasteiger partial charge on any atom is 0.211 e. The molecule has 0 heterocycles. The van der Waals surface area contributed by atoms with Crippen LogP contribution in [0.25, 0.3) is 0 Å². The molecule has 0 atom stereocenters. The molecule has 1 aromatic carbocycles. The minimum absolute atomic E-state index is 0.499. The van der Waals surface area contributed by atoms with Gasteiger partial charge in [0, 0.05) is 5.69 Å². The summed E-state index contributed by atoms with van der Waals surface area (Å²) in [6.45, 7) is 4.25. The van der Waals surface area contributed by atoms with Crippen molar-refractivity contribution < 1.29 is 4.79 Å². The quantitative estimate of drug-likeness (QED) is 0.681. The summed E-state index contributed by atoms with van der Waals surface area (Å²) in [6, 6.07) is 7.86. The smallest absolute Gasteiger partial charge is 0.211 e. The Labute approximate surface area is 72.6 Å². The lowest BCUT2D eigenvalue weighted by Gasteiger charge is -2.06. The number of benzene rings is 1. The molecule has 2 nitrogen and oxygen atoms in total. The Morgan fingerprint density at radius 1 is 1.42 bits per heavy atom. The zero-order valence-electron chi connectivity index (χ0n) is 7.37. The highest BCUT2D eigenvalue weighted by Crippen LogP contribution is 2.17. The topological polar surface area (TPSA) is 29.1 Å². The third-order valence-corrected chi connectivity index (χ3v) is 1.78. The van der Waals surface area contributed by atoms with Crippen molar-refractivity contribution >= 4 is 12.1 Å². The third-order valence-electron chi connectivity index (χ3n) is 1.78. The van der Waals surface area contributed by atoms with Gasteiger partial charge in [-0.2, -0.15) is 0 Å². The fourth-order valence-corrected chi connectivity index (χ4v) is 1.06.